The summed E-state index contributed by atoms with van der Waals surface area (Å²) >= 11 is 0. The molecule has 1 atom stereocenters. The third-order valence-electron chi connectivity index (χ3n) is 3.85. The number of nitro groups is 1. The minimum absolute atomic E-state index is 0.0112. The van der Waals surface area contributed by atoms with Gasteiger partial charge in [-0.05, 0) is 37.1 Å². The lowest BCUT2D eigenvalue weighted by atomic mass is 10.1. The van der Waals surface area contributed by atoms with Crippen LogP contribution in [0, 0.1) is 16.0 Å². The first-order chi connectivity index (χ1) is 12.9. The van der Waals surface area contributed by atoms with E-state index in [1.807, 2.05) is 6.92 Å². The number of benzene rings is 1. The van der Waals surface area contributed by atoms with Gasteiger partial charge in [0.25, 0.3) is 5.69 Å². The lowest BCUT2D eigenvalue weighted by molar-refractivity contribution is -0.384. The van der Waals surface area contributed by atoms with Gasteiger partial charge in [0.15, 0.2) is 0 Å². The average Bonchev–Trinajstić information content (AvgIpc) is 2.67. The molecule has 1 unspecified atom stereocenters. The molecular weight excluding hydrogens is 352 g/mol. The van der Waals surface area contributed by atoms with Crippen LogP contribution in [0.1, 0.15) is 25.8 Å². The van der Waals surface area contributed by atoms with Crippen LogP contribution in [0.15, 0.2) is 30.3 Å². The van der Waals surface area contributed by atoms with Crippen molar-refractivity contribution in [2.75, 3.05) is 33.4 Å². The molecule has 1 amide bonds. The van der Waals surface area contributed by atoms with Crippen molar-refractivity contribution in [1.29, 1.82) is 0 Å². The van der Waals surface area contributed by atoms with Crippen molar-refractivity contribution >= 4 is 23.6 Å². The summed E-state index contributed by atoms with van der Waals surface area (Å²) in [6.45, 7) is 5.42. The zero-order valence-corrected chi connectivity index (χ0v) is 15.9. The fourth-order valence-corrected chi connectivity index (χ4v) is 2.38. The largest absolute Gasteiger partial charge is 0.469 e. The minimum Gasteiger partial charge on any atom is -0.469 e. The van der Waals surface area contributed by atoms with E-state index >= 15 is 0 Å². The molecule has 0 fully saturated rings. The molecule has 0 aliphatic carbocycles. The molecule has 0 aromatic heterocycles. The molecule has 148 valence electrons. The number of methoxy groups -OCH3 is 1. The molecule has 0 aliphatic rings. The lowest BCUT2D eigenvalue weighted by Gasteiger charge is -2.24. The maximum absolute atomic E-state index is 12.5. The highest BCUT2D eigenvalue weighted by molar-refractivity contribution is 5.92. The van der Waals surface area contributed by atoms with Crippen LogP contribution in [0.3, 0.4) is 0 Å². The number of esters is 1. The number of ether oxygens (including phenoxy) is 2. The molecule has 1 aromatic carbocycles. The molecule has 0 radical (unpaired) electrons. The van der Waals surface area contributed by atoms with Crippen LogP contribution >= 0.6 is 0 Å². The summed E-state index contributed by atoms with van der Waals surface area (Å²) in [5.74, 6) is -1.07. The van der Waals surface area contributed by atoms with Gasteiger partial charge in [-0.25, -0.2) is 0 Å². The predicted molar refractivity (Wildman–Crippen MR) is 101 cm³/mol. The first kappa shape index (κ1) is 22.3. The second-order valence-corrected chi connectivity index (χ2v) is 5.94. The van der Waals surface area contributed by atoms with E-state index < -0.39 is 10.8 Å². The highest BCUT2D eigenvalue weighted by Gasteiger charge is 2.20. The molecule has 1 aromatic rings. The van der Waals surface area contributed by atoms with Gasteiger partial charge < -0.3 is 14.4 Å². The van der Waals surface area contributed by atoms with Crippen LogP contribution in [0.5, 0.6) is 0 Å². The van der Waals surface area contributed by atoms with E-state index in [0.717, 1.165) is 0 Å². The van der Waals surface area contributed by atoms with Crippen LogP contribution in [-0.2, 0) is 19.1 Å². The summed E-state index contributed by atoms with van der Waals surface area (Å²) in [5, 5.41) is 10.7. The molecule has 0 N–H and O–H groups in total. The molecule has 0 spiro atoms. The van der Waals surface area contributed by atoms with Gasteiger partial charge in [-0.2, -0.15) is 0 Å². The molecule has 0 aliphatic heterocycles. The van der Waals surface area contributed by atoms with Gasteiger partial charge >= 0.3 is 5.97 Å². The van der Waals surface area contributed by atoms with E-state index in [0.29, 0.717) is 31.7 Å². The van der Waals surface area contributed by atoms with E-state index in [-0.39, 0.29) is 24.1 Å². The third-order valence-corrected chi connectivity index (χ3v) is 3.85. The monoisotopic (exact) mass is 378 g/mol. The number of carbonyl (C=O) groups excluding carboxylic acids is 2. The van der Waals surface area contributed by atoms with Crippen LogP contribution in [0.2, 0.25) is 0 Å². The van der Waals surface area contributed by atoms with Crippen molar-refractivity contribution in [3.8, 4) is 0 Å². The molecule has 0 heterocycles. The first-order valence-corrected chi connectivity index (χ1v) is 8.76. The molecule has 0 saturated heterocycles. The normalized spacial score (nSPS) is 12.0. The van der Waals surface area contributed by atoms with Gasteiger partial charge in [0.2, 0.25) is 5.91 Å². The maximum Gasteiger partial charge on any atom is 0.310 e. The average molecular weight is 378 g/mol. The zero-order chi connectivity index (χ0) is 20.2. The van der Waals surface area contributed by atoms with Crippen molar-refractivity contribution in [3.05, 3.63) is 46.0 Å². The van der Waals surface area contributed by atoms with E-state index in [1.54, 1.807) is 30.0 Å². The van der Waals surface area contributed by atoms with Crippen molar-refractivity contribution in [2.45, 2.75) is 20.3 Å². The number of rotatable bonds is 11. The zero-order valence-electron chi connectivity index (χ0n) is 15.9. The fourth-order valence-electron chi connectivity index (χ4n) is 2.38. The topological polar surface area (TPSA) is 99.0 Å². The Morgan fingerprint density at radius 2 is 1.96 bits per heavy atom. The van der Waals surface area contributed by atoms with Crippen molar-refractivity contribution in [2.24, 2.45) is 5.92 Å². The molecular formula is C19H26N2O6. The number of non-ortho nitro benzene ring substituents is 1. The third kappa shape index (κ3) is 8.00. The number of carbonyl (C=O) groups is 2. The van der Waals surface area contributed by atoms with Crippen molar-refractivity contribution < 1.29 is 24.0 Å². The van der Waals surface area contributed by atoms with Gasteiger partial charge in [0, 0.05) is 44.5 Å². The molecule has 8 heteroatoms. The summed E-state index contributed by atoms with van der Waals surface area (Å²) < 4.78 is 10.0. The Morgan fingerprint density at radius 1 is 1.30 bits per heavy atom. The summed E-state index contributed by atoms with van der Waals surface area (Å²) in [6, 6.07) is 5.89. The van der Waals surface area contributed by atoms with E-state index in [4.69, 9.17) is 9.47 Å². The van der Waals surface area contributed by atoms with Gasteiger partial charge in [0.05, 0.1) is 18.0 Å². The lowest BCUT2D eigenvalue weighted by Crippen LogP contribution is -2.37. The number of hydrogen-bond acceptors (Lipinski definition) is 6. The molecule has 1 rings (SSSR count). The SMILES string of the molecule is CCOCCCN(CC(C)C(=O)OC)C(=O)/C=C/c1ccc([N+](=O)[O-])cc1. The molecule has 0 saturated carbocycles. The van der Waals surface area contributed by atoms with Gasteiger partial charge in [-0.1, -0.05) is 6.92 Å². The van der Waals surface area contributed by atoms with Gasteiger partial charge in [-0.15, -0.1) is 0 Å². The van der Waals surface area contributed by atoms with Crippen molar-refractivity contribution in [1.82, 2.24) is 4.90 Å². The summed E-state index contributed by atoms with van der Waals surface area (Å²) in [4.78, 5) is 36.0. The minimum atomic E-state index is -0.479. The molecule has 0 bridgehead atoms. The fraction of sp³-hybridized carbons (Fsp3) is 0.474. The Kier molecular flexibility index (Phi) is 9.74. The second kappa shape index (κ2) is 11.8. The highest BCUT2D eigenvalue weighted by Crippen LogP contribution is 2.13. The molecule has 8 nitrogen and oxygen atoms in total. The predicted octanol–water partition coefficient (Wildman–Crippen LogP) is 2.67. The second-order valence-electron chi connectivity index (χ2n) is 5.94. The number of nitrogens with zero attached hydrogens (tertiary/aromatic N) is 2. The molecule has 27 heavy (non-hydrogen) atoms. The van der Waals surface area contributed by atoms with Gasteiger partial charge in [0.1, 0.15) is 0 Å². The van der Waals surface area contributed by atoms with Crippen LogP contribution in [0.25, 0.3) is 6.08 Å². The summed E-state index contributed by atoms with van der Waals surface area (Å²) in [7, 11) is 1.31. The smallest absolute Gasteiger partial charge is 0.310 e. The Labute approximate surface area is 158 Å². The van der Waals surface area contributed by atoms with Crippen LogP contribution < -0.4 is 0 Å². The van der Waals surface area contributed by atoms with Crippen LogP contribution in [-0.4, -0.2) is 55.1 Å². The summed E-state index contributed by atoms with van der Waals surface area (Å²) in [5.41, 5.74) is 0.659. The van der Waals surface area contributed by atoms with E-state index in [2.05, 4.69) is 0 Å². The Hall–Kier alpha value is -2.74. The number of amides is 1. The Balaban J connectivity index is 2.77. The summed E-state index contributed by atoms with van der Waals surface area (Å²) in [6.07, 6.45) is 3.63. The van der Waals surface area contributed by atoms with E-state index in [1.165, 1.54) is 25.3 Å². The number of nitro benzene ring substituents is 1. The van der Waals surface area contributed by atoms with Crippen LogP contribution in [0.4, 0.5) is 5.69 Å². The quantitative estimate of drug-likeness (QED) is 0.193. The maximum atomic E-state index is 12.5. The first-order valence-electron chi connectivity index (χ1n) is 8.76. The Morgan fingerprint density at radius 3 is 2.52 bits per heavy atom. The Bertz CT molecular complexity index is 657. The van der Waals surface area contributed by atoms with E-state index in [9.17, 15) is 19.7 Å². The highest BCUT2D eigenvalue weighted by atomic mass is 16.6. The van der Waals surface area contributed by atoms with Gasteiger partial charge in [-0.3, -0.25) is 19.7 Å². The standard InChI is InChI=1S/C19H26N2O6/c1-4-27-13-5-12-20(14-15(2)19(23)26-3)18(22)11-8-16-6-9-17(10-7-16)21(24)25/h6-11,15H,4-5,12-14H2,1-3H3/b11-8+. The number of hydrogen-bond donors (Lipinski definition) is 0. The van der Waals surface area contributed by atoms with Crippen molar-refractivity contribution in [3.63, 3.8) is 0 Å².